The number of hydrogen-bond acceptors (Lipinski definition) is 8. The van der Waals surface area contributed by atoms with Crippen LogP contribution in [-0.4, -0.2) is 36.2 Å². The average molecular weight is 1230 g/mol. The lowest BCUT2D eigenvalue weighted by molar-refractivity contribution is 1.06. The molecule has 0 bridgehead atoms. The fourth-order valence-corrected chi connectivity index (χ4v) is 15.8. The van der Waals surface area contributed by atoms with E-state index in [1.54, 1.807) is 0 Å². The summed E-state index contributed by atoms with van der Waals surface area (Å²) in [7, 11) is 0. The van der Waals surface area contributed by atoms with E-state index in [2.05, 4.69) is 293 Å². The van der Waals surface area contributed by atoms with Gasteiger partial charge < -0.3 is 14.4 Å². The molecule has 0 N–H and O–H groups in total. The molecule has 442 valence electrons. The van der Waals surface area contributed by atoms with E-state index in [9.17, 15) is 0 Å². The number of anilines is 6. The predicted octanol–water partition coefficient (Wildman–Crippen LogP) is 19.9. The fourth-order valence-electron chi connectivity index (χ4n) is 14.6. The van der Waals surface area contributed by atoms with E-state index in [1.807, 2.05) is 53.8 Å². The van der Waals surface area contributed by atoms with Crippen molar-refractivity contribution in [3.05, 3.63) is 322 Å². The van der Waals surface area contributed by atoms with Gasteiger partial charge in [0.1, 0.15) is 0 Å². The first-order valence-corrected chi connectivity index (χ1v) is 32.9. The van der Waals surface area contributed by atoms with Crippen molar-refractivity contribution in [2.75, 3.05) is 9.80 Å². The lowest BCUT2D eigenvalue weighted by atomic mass is 9.33. The van der Waals surface area contributed by atoms with E-state index in [4.69, 9.17) is 24.9 Å². The molecule has 2 aliphatic heterocycles. The molecule has 8 nitrogen and oxygen atoms in total. The Bertz CT molecular complexity index is 5820. The third kappa shape index (κ3) is 9.02. The Balaban J connectivity index is 0.769. The zero-order valence-electron chi connectivity index (χ0n) is 51.2. The number of aromatic nitrogens is 6. The van der Waals surface area contributed by atoms with Crippen molar-refractivity contribution < 1.29 is 0 Å². The molecule has 0 saturated carbocycles. The SMILES string of the molecule is c1ccc(-c2cc(-c3ccc(-n4c5ccccc5c5c6sc7ccccc7c6ccc54)c(-c4nc(-c5ccccc5)nc(-c5ccc(-c6cccc(N7c8ccccc8B8c9ccccc9N(c9ccccc9)c9cccc7c98)c6)cc5)n4)c3)nc(-c3ccccc3)n2)cc1. The second-order valence-corrected chi connectivity index (χ2v) is 25.3. The zero-order valence-corrected chi connectivity index (χ0v) is 52.0. The number of fused-ring (bicyclic) bond motifs is 11. The largest absolute Gasteiger partial charge is 0.311 e. The van der Waals surface area contributed by atoms with E-state index in [0.717, 1.165) is 84.0 Å². The molecular formula is C85H53BN8S. The molecule has 0 saturated heterocycles. The highest BCUT2D eigenvalue weighted by atomic mass is 32.1. The number of nitrogens with zero attached hydrogens (tertiary/aromatic N) is 8. The van der Waals surface area contributed by atoms with E-state index in [1.165, 1.54) is 70.1 Å². The van der Waals surface area contributed by atoms with Crippen LogP contribution in [0.2, 0.25) is 0 Å². The maximum atomic E-state index is 5.58. The monoisotopic (exact) mass is 1230 g/mol. The van der Waals surface area contributed by atoms with Gasteiger partial charge in [-0.2, -0.15) is 0 Å². The van der Waals surface area contributed by atoms with Gasteiger partial charge >= 0.3 is 0 Å². The fraction of sp³-hybridized carbons (Fsp3) is 0. The third-order valence-corrected chi connectivity index (χ3v) is 20.1. The summed E-state index contributed by atoms with van der Waals surface area (Å²) in [6.07, 6.45) is 0. The van der Waals surface area contributed by atoms with Crippen LogP contribution >= 0.6 is 11.3 Å². The van der Waals surface area contributed by atoms with Gasteiger partial charge in [0.2, 0.25) is 0 Å². The number of rotatable bonds is 10. The standard InChI is InChI=1S/C85H53BN8S/c1-5-23-55(24-6-1)69-53-70(88-82(87-69)56-25-7-2-8-26-56)60-47-49-72(94-71-37-17-13-34-65(71)79-75(94)50-48-64-63-33-14-20-42-78(63)95-81(64)79)66(52-60)85-90-83(57-27-9-3-10-28-57)89-84(91-85)58-45-43-54(44-46-58)59-29-21-32-62(51-59)93-74-39-19-16-36-68(74)86-67-35-15-18-38-73(67)92(61-30-11-4-12-31-61)76-40-22-41-77(93)80(76)86/h1-53H. The summed E-state index contributed by atoms with van der Waals surface area (Å²) in [5, 5.41) is 4.90. The Kier molecular flexibility index (Phi) is 12.7. The molecule has 2 aliphatic rings. The lowest BCUT2D eigenvalue weighted by Crippen LogP contribution is -2.61. The summed E-state index contributed by atoms with van der Waals surface area (Å²) in [5.74, 6) is 2.28. The Morgan fingerprint density at radius 1 is 0.284 bits per heavy atom. The molecule has 19 rings (SSSR count). The summed E-state index contributed by atoms with van der Waals surface area (Å²) < 4.78 is 4.92. The van der Waals surface area contributed by atoms with E-state index in [0.29, 0.717) is 23.3 Å². The Morgan fingerprint density at radius 3 is 1.47 bits per heavy atom. The number of hydrogen-bond donors (Lipinski definition) is 0. The Hall–Kier alpha value is -12.4. The first-order chi connectivity index (χ1) is 47.1. The first kappa shape index (κ1) is 54.4. The highest BCUT2D eigenvalue weighted by Crippen LogP contribution is 2.47. The van der Waals surface area contributed by atoms with Gasteiger partial charge in [-0.1, -0.05) is 237 Å². The average Bonchev–Trinajstić information content (AvgIpc) is 0.784. The molecule has 4 aromatic heterocycles. The van der Waals surface area contributed by atoms with Gasteiger partial charge in [0.25, 0.3) is 6.71 Å². The molecule has 13 aromatic carbocycles. The zero-order chi connectivity index (χ0) is 62.5. The van der Waals surface area contributed by atoms with Gasteiger partial charge in [0.05, 0.1) is 28.1 Å². The van der Waals surface area contributed by atoms with E-state index < -0.39 is 0 Å². The summed E-state index contributed by atoms with van der Waals surface area (Å²) in [4.78, 5) is 31.9. The van der Waals surface area contributed by atoms with Crippen LogP contribution in [0.3, 0.4) is 0 Å². The highest BCUT2D eigenvalue weighted by molar-refractivity contribution is 7.26. The number of para-hydroxylation sites is 4. The van der Waals surface area contributed by atoms with Crippen LogP contribution in [0.25, 0.3) is 127 Å². The molecule has 95 heavy (non-hydrogen) atoms. The molecule has 0 atom stereocenters. The minimum atomic E-state index is 0.0570. The van der Waals surface area contributed by atoms with Crippen molar-refractivity contribution in [1.82, 2.24) is 29.5 Å². The maximum Gasteiger partial charge on any atom is 0.252 e. The van der Waals surface area contributed by atoms with Gasteiger partial charge in [0.15, 0.2) is 23.3 Å². The van der Waals surface area contributed by atoms with Crippen molar-refractivity contribution in [3.8, 4) is 84.9 Å². The van der Waals surface area contributed by atoms with Crippen LogP contribution in [-0.2, 0) is 0 Å². The molecule has 10 heteroatoms. The predicted molar refractivity (Wildman–Crippen MR) is 395 cm³/mol. The molecule has 0 spiro atoms. The third-order valence-electron chi connectivity index (χ3n) is 18.9. The van der Waals surface area contributed by atoms with Crippen LogP contribution in [0.15, 0.2) is 322 Å². The van der Waals surface area contributed by atoms with E-state index in [-0.39, 0.29) is 6.71 Å². The van der Waals surface area contributed by atoms with Crippen molar-refractivity contribution in [3.63, 3.8) is 0 Å². The second kappa shape index (κ2) is 22.2. The van der Waals surface area contributed by atoms with Gasteiger partial charge in [-0.25, -0.2) is 24.9 Å². The summed E-state index contributed by atoms with van der Waals surface area (Å²) in [5.41, 5.74) is 23.0. The molecule has 0 radical (unpaired) electrons. The smallest absolute Gasteiger partial charge is 0.252 e. The van der Waals surface area contributed by atoms with Gasteiger partial charge in [-0.15, -0.1) is 11.3 Å². The van der Waals surface area contributed by atoms with E-state index >= 15 is 0 Å². The topological polar surface area (TPSA) is 75.9 Å². The van der Waals surface area contributed by atoms with Crippen molar-refractivity contribution in [2.24, 2.45) is 0 Å². The molecule has 0 aliphatic carbocycles. The lowest BCUT2D eigenvalue weighted by Gasteiger charge is -2.44. The van der Waals surface area contributed by atoms with Crippen molar-refractivity contribution in [2.45, 2.75) is 0 Å². The van der Waals surface area contributed by atoms with Crippen LogP contribution in [0.5, 0.6) is 0 Å². The van der Waals surface area contributed by atoms with Gasteiger partial charge in [0, 0.05) is 98.4 Å². The molecular weight excluding hydrogens is 1180 g/mol. The van der Waals surface area contributed by atoms with Crippen molar-refractivity contribution >= 4 is 111 Å². The van der Waals surface area contributed by atoms with Crippen LogP contribution in [0.4, 0.5) is 34.1 Å². The summed E-state index contributed by atoms with van der Waals surface area (Å²) >= 11 is 1.85. The Morgan fingerprint density at radius 2 is 0.779 bits per heavy atom. The second-order valence-electron chi connectivity index (χ2n) is 24.3. The van der Waals surface area contributed by atoms with Crippen LogP contribution in [0.1, 0.15) is 0 Å². The highest BCUT2D eigenvalue weighted by Gasteiger charge is 2.43. The number of benzene rings is 13. The minimum Gasteiger partial charge on any atom is -0.311 e. The molecule has 6 heterocycles. The minimum absolute atomic E-state index is 0.0570. The molecule has 17 aromatic rings. The molecule has 0 fully saturated rings. The van der Waals surface area contributed by atoms with Crippen molar-refractivity contribution in [1.29, 1.82) is 0 Å². The van der Waals surface area contributed by atoms with Gasteiger partial charge in [-0.05, 0) is 112 Å². The summed E-state index contributed by atoms with van der Waals surface area (Å²) in [6.45, 7) is 0.0570. The quantitative estimate of drug-likeness (QED) is 0.126. The van der Waals surface area contributed by atoms with Gasteiger partial charge in [-0.3, -0.25) is 0 Å². The van der Waals surface area contributed by atoms with Crippen LogP contribution < -0.4 is 26.2 Å². The molecule has 0 amide bonds. The first-order valence-electron chi connectivity index (χ1n) is 32.1. The number of thiophene rings is 1. The van der Waals surface area contributed by atoms with Crippen LogP contribution in [0, 0.1) is 0 Å². The normalized spacial score (nSPS) is 12.4. The maximum absolute atomic E-state index is 5.58. The molecule has 0 unspecified atom stereocenters. The summed E-state index contributed by atoms with van der Waals surface area (Å²) in [6, 6.07) is 115. The Labute approximate surface area is 552 Å².